The van der Waals surface area contributed by atoms with Crippen molar-refractivity contribution in [3.63, 3.8) is 0 Å². The summed E-state index contributed by atoms with van der Waals surface area (Å²) >= 11 is 0. The van der Waals surface area contributed by atoms with Gasteiger partial charge < -0.3 is 15.4 Å². The van der Waals surface area contributed by atoms with Crippen LogP contribution in [0.1, 0.15) is 5.56 Å². The number of ether oxygens (including phenoxy) is 1. The van der Waals surface area contributed by atoms with E-state index < -0.39 is 12.4 Å². The quantitative estimate of drug-likeness (QED) is 0.633. The third-order valence-corrected chi connectivity index (χ3v) is 3.82. The molecule has 0 aliphatic carbocycles. The Balaban J connectivity index is 1.67. The lowest BCUT2D eigenvalue weighted by molar-refractivity contribution is -0.122. The number of nitrogens with zero attached hydrogens (tertiary/aromatic N) is 1. The maximum atomic E-state index is 13.1. The average molecular weight is 409 g/mol. The Hall–Kier alpha value is -3.07. The largest absolute Gasteiger partial charge is 0.435 e. The summed E-state index contributed by atoms with van der Waals surface area (Å²) in [6, 6.07) is 11.7. The molecule has 0 radical (unpaired) electrons. The molecule has 2 rings (SSSR count). The fourth-order valence-corrected chi connectivity index (χ4v) is 2.55. The van der Waals surface area contributed by atoms with E-state index in [0.29, 0.717) is 18.7 Å². The Labute approximate surface area is 166 Å². The van der Waals surface area contributed by atoms with Crippen molar-refractivity contribution in [2.45, 2.75) is 13.0 Å². The molecule has 0 saturated carbocycles. The Kier molecular flexibility index (Phi) is 8.47. The molecule has 2 aromatic carbocycles. The van der Waals surface area contributed by atoms with Gasteiger partial charge in [0.05, 0.1) is 13.1 Å². The van der Waals surface area contributed by atoms with Crippen LogP contribution in [0.25, 0.3) is 0 Å². The zero-order valence-electron chi connectivity index (χ0n) is 15.8. The number of nitrogens with one attached hydrogen (secondary N) is 2. The Bertz CT molecular complexity index is 816. The standard InChI is InChI=1S/C20H22F3N3O3/c1-26(13-19(28)25-16-4-2-3-15(21)11-16)12-18(27)24-10-9-14-5-7-17(8-6-14)29-20(22)23/h2-8,11,20H,9-10,12-13H2,1H3,(H,24,27)(H,25,28). The van der Waals surface area contributed by atoms with Crippen LogP contribution in [0, 0.1) is 5.82 Å². The molecule has 9 heteroatoms. The number of hydrogen-bond acceptors (Lipinski definition) is 4. The molecule has 2 N–H and O–H groups in total. The normalized spacial score (nSPS) is 10.8. The fourth-order valence-electron chi connectivity index (χ4n) is 2.55. The molecule has 29 heavy (non-hydrogen) atoms. The molecule has 0 aliphatic rings. The van der Waals surface area contributed by atoms with Crippen molar-refractivity contribution in [2.24, 2.45) is 0 Å². The van der Waals surface area contributed by atoms with Gasteiger partial charge in [0.2, 0.25) is 11.8 Å². The molecular formula is C20H22F3N3O3. The van der Waals surface area contributed by atoms with Crippen molar-refractivity contribution in [3.05, 3.63) is 59.9 Å². The van der Waals surface area contributed by atoms with Crippen molar-refractivity contribution in [2.75, 3.05) is 32.0 Å². The van der Waals surface area contributed by atoms with Crippen LogP contribution in [0.2, 0.25) is 0 Å². The minimum absolute atomic E-state index is 0.0116. The zero-order chi connectivity index (χ0) is 21.2. The highest BCUT2D eigenvalue weighted by Crippen LogP contribution is 2.15. The predicted molar refractivity (Wildman–Crippen MR) is 102 cm³/mol. The molecule has 2 amide bonds. The maximum absolute atomic E-state index is 13.1. The van der Waals surface area contributed by atoms with E-state index >= 15 is 0 Å². The monoisotopic (exact) mass is 409 g/mol. The molecule has 0 heterocycles. The molecule has 0 spiro atoms. The maximum Gasteiger partial charge on any atom is 0.387 e. The lowest BCUT2D eigenvalue weighted by Gasteiger charge is -2.16. The summed E-state index contributed by atoms with van der Waals surface area (Å²) in [7, 11) is 1.62. The molecule has 0 aromatic heterocycles. The second-order valence-corrected chi connectivity index (χ2v) is 6.35. The number of carbonyl (C=O) groups excluding carboxylic acids is 2. The van der Waals surface area contributed by atoms with Crippen molar-refractivity contribution in [1.29, 1.82) is 0 Å². The van der Waals surface area contributed by atoms with Crippen molar-refractivity contribution in [3.8, 4) is 5.75 Å². The lowest BCUT2D eigenvalue weighted by Crippen LogP contribution is -2.39. The second-order valence-electron chi connectivity index (χ2n) is 6.35. The van der Waals surface area contributed by atoms with Gasteiger partial charge in [-0.2, -0.15) is 8.78 Å². The van der Waals surface area contributed by atoms with Gasteiger partial charge in [0.25, 0.3) is 0 Å². The van der Waals surface area contributed by atoms with Crippen molar-refractivity contribution in [1.82, 2.24) is 10.2 Å². The van der Waals surface area contributed by atoms with E-state index in [1.165, 1.54) is 35.2 Å². The van der Waals surface area contributed by atoms with Crippen LogP contribution in [0.15, 0.2) is 48.5 Å². The molecule has 156 valence electrons. The van der Waals surface area contributed by atoms with Crippen LogP contribution in [0.3, 0.4) is 0 Å². The van der Waals surface area contributed by atoms with Gasteiger partial charge in [0.15, 0.2) is 0 Å². The van der Waals surface area contributed by atoms with E-state index in [9.17, 15) is 22.8 Å². The van der Waals surface area contributed by atoms with E-state index in [2.05, 4.69) is 15.4 Å². The summed E-state index contributed by atoms with van der Waals surface area (Å²) in [4.78, 5) is 25.4. The van der Waals surface area contributed by atoms with Gasteiger partial charge in [-0.1, -0.05) is 18.2 Å². The number of likely N-dealkylation sites (N-methyl/N-ethyl adjacent to an activating group) is 1. The molecule has 0 bridgehead atoms. The highest BCUT2D eigenvalue weighted by Gasteiger charge is 2.11. The zero-order valence-corrected chi connectivity index (χ0v) is 15.8. The van der Waals surface area contributed by atoms with Crippen LogP contribution in [0.5, 0.6) is 5.75 Å². The number of alkyl halides is 2. The first-order valence-electron chi connectivity index (χ1n) is 8.86. The van der Waals surface area contributed by atoms with E-state index in [1.54, 1.807) is 25.2 Å². The predicted octanol–water partition coefficient (Wildman–Crippen LogP) is 2.66. The molecule has 0 aliphatic heterocycles. The van der Waals surface area contributed by atoms with Gasteiger partial charge >= 0.3 is 6.61 Å². The summed E-state index contributed by atoms with van der Waals surface area (Å²) in [5.41, 5.74) is 1.20. The highest BCUT2D eigenvalue weighted by molar-refractivity contribution is 5.92. The van der Waals surface area contributed by atoms with Gasteiger partial charge in [-0.25, -0.2) is 4.39 Å². The number of hydrogen-bond donors (Lipinski definition) is 2. The number of benzene rings is 2. The topological polar surface area (TPSA) is 70.7 Å². The van der Waals surface area contributed by atoms with Gasteiger partial charge in [0, 0.05) is 12.2 Å². The number of amides is 2. The van der Waals surface area contributed by atoms with E-state index in [0.717, 1.165) is 5.56 Å². The van der Waals surface area contributed by atoms with Crippen LogP contribution < -0.4 is 15.4 Å². The molecule has 0 atom stereocenters. The van der Waals surface area contributed by atoms with Crippen LogP contribution in [-0.2, 0) is 16.0 Å². The highest BCUT2D eigenvalue weighted by atomic mass is 19.3. The Morgan fingerprint density at radius 3 is 2.41 bits per heavy atom. The summed E-state index contributed by atoms with van der Waals surface area (Å²) in [6.45, 7) is -2.53. The first kappa shape index (κ1) is 22.2. The molecule has 0 saturated heterocycles. The lowest BCUT2D eigenvalue weighted by atomic mass is 10.1. The number of rotatable bonds is 10. The third-order valence-electron chi connectivity index (χ3n) is 3.82. The number of anilines is 1. The van der Waals surface area contributed by atoms with Gasteiger partial charge in [-0.05, 0) is 49.4 Å². The minimum Gasteiger partial charge on any atom is -0.435 e. The van der Waals surface area contributed by atoms with Crippen molar-refractivity contribution >= 4 is 17.5 Å². The molecule has 0 unspecified atom stereocenters. The van der Waals surface area contributed by atoms with E-state index in [4.69, 9.17) is 0 Å². The Morgan fingerprint density at radius 1 is 1.07 bits per heavy atom. The summed E-state index contributed by atoms with van der Waals surface area (Å²) in [6.07, 6.45) is 0.518. The summed E-state index contributed by atoms with van der Waals surface area (Å²) < 4.78 is 41.6. The smallest absolute Gasteiger partial charge is 0.387 e. The SMILES string of the molecule is CN(CC(=O)NCCc1ccc(OC(F)F)cc1)CC(=O)Nc1cccc(F)c1. The van der Waals surface area contributed by atoms with Crippen LogP contribution >= 0.6 is 0 Å². The van der Waals surface area contributed by atoms with Crippen LogP contribution in [0.4, 0.5) is 18.9 Å². The van der Waals surface area contributed by atoms with E-state index in [1.807, 2.05) is 0 Å². The summed E-state index contributed by atoms with van der Waals surface area (Å²) in [5, 5.41) is 5.28. The van der Waals surface area contributed by atoms with Gasteiger partial charge in [-0.3, -0.25) is 14.5 Å². The molecular weight excluding hydrogens is 387 g/mol. The fraction of sp³-hybridized carbons (Fsp3) is 0.300. The molecule has 6 nitrogen and oxygen atoms in total. The molecule has 2 aromatic rings. The average Bonchev–Trinajstić information content (AvgIpc) is 2.62. The number of halogens is 3. The summed E-state index contributed by atoms with van der Waals surface area (Å²) in [5.74, 6) is -1.00. The molecule has 0 fully saturated rings. The Morgan fingerprint density at radius 2 is 1.76 bits per heavy atom. The first-order valence-corrected chi connectivity index (χ1v) is 8.86. The van der Waals surface area contributed by atoms with Crippen LogP contribution in [-0.4, -0.2) is 50.0 Å². The van der Waals surface area contributed by atoms with Gasteiger partial charge in [0.1, 0.15) is 11.6 Å². The number of carbonyl (C=O) groups is 2. The minimum atomic E-state index is -2.87. The first-order chi connectivity index (χ1) is 13.8. The van der Waals surface area contributed by atoms with Crippen molar-refractivity contribution < 1.29 is 27.5 Å². The van der Waals surface area contributed by atoms with Gasteiger partial charge in [-0.15, -0.1) is 0 Å². The second kappa shape index (κ2) is 11.1. The third kappa shape index (κ3) is 8.65. The van der Waals surface area contributed by atoms with E-state index in [-0.39, 0.29) is 30.7 Å².